The van der Waals surface area contributed by atoms with Crippen molar-refractivity contribution in [2.45, 2.75) is 24.3 Å². The Bertz CT molecular complexity index is 941. The minimum atomic E-state index is -3.64. The van der Waals surface area contributed by atoms with Crippen LogP contribution in [0.25, 0.3) is 0 Å². The van der Waals surface area contributed by atoms with E-state index in [1.807, 2.05) is 25.1 Å². The molecule has 2 aliphatic heterocycles. The molecule has 0 fully saturated rings. The Hall–Kier alpha value is -2.25. The number of rotatable bonds is 3. The zero-order valence-electron chi connectivity index (χ0n) is 14.8. The summed E-state index contributed by atoms with van der Waals surface area (Å²) in [5, 5.41) is 0. The molecule has 0 saturated heterocycles. The van der Waals surface area contributed by atoms with Crippen LogP contribution in [0.1, 0.15) is 24.1 Å². The lowest BCUT2D eigenvalue weighted by Gasteiger charge is -2.34. The zero-order chi connectivity index (χ0) is 18.3. The smallest absolute Gasteiger partial charge is 0.243 e. The van der Waals surface area contributed by atoms with E-state index < -0.39 is 10.0 Å². The molecule has 2 aliphatic rings. The first-order valence-electron chi connectivity index (χ1n) is 8.59. The second-order valence-electron chi connectivity index (χ2n) is 6.41. The fourth-order valence-corrected chi connectivity index (χ4v) is 5.19. The van der Waals surface area contributed by atoms with Crippen LogP contribution in [0.4, 0.5) is 0 Å². The van der Waals surface area contributed by atoms with Gasteiger partial charge in [-0.05, 0) is 48.7 Å². The highest BCUT2D eigenvalue weighted by Crippen LogP contribution is 2.38. The predicted octanol–water partition coefficient (Wildman–Crippen LogP) is 2.77. The maximum absolute atomic E-state index is 13.2. The Balaban J connectivity index is 1.68. The molecule has 2 aromatic carbocycles. The second-order valence-corrected chi connectivity index (χ2v) is 8.30. The summed E-state index contributed by atoms with van der Waals surface area (Å²) in [6.07, 6.45) is 0.653. The molecule has 0 N–H and O–H groups in total. The minimum Gasteiger partial charge on any atom is -0.497 e. The molecule has 2 aromatic rings. The molecule has 1 unspecified atom stereocenters. The van der Waals surface area contributed by atoms with Gasteiger partial charge in [0.05, 0.1) is 12.0 Å². The molecule has 0 amide bonds. The molecule has 138 valence electrons. The fraction of sp³-hybridized carbons (Fsp3) is 0.368. The van der Waals surface area contributed by atoms with E-state index in [1.165, 1.54) is 0 Å². The van der Waals surface area contributed by atoms with Gasteiger partial charge in [-0.25, -0.2) is 8.42 Å². The first kappa shape index (κ1) is 17.2. The highest BCUT2D eigenvalue weighted by atomic mass is 32.2. The van der Waals surface area contributed by atoms with Crippen LogP contribution < -0.4 is 14.2 Å². The number of hydrogen-bond acceptors (Lipinski definition) is 5. The Morgan fingerprint density at radius 1 is 1.08 bits per heavy atom. The topological polar surface area (TPSA) is 65.1 Å². The zero-order valence-corrected chi connectivity index (χ0v) is 15.6. The molecule has 6 nitrogen and oxygen atoms in total. The Morgan fingerprint density at radius 3 is 2.62 bits per heavy atom. The number of hydrogen-bond donors (Lipinski definition) is 0. The SMILES string of the molecule is COc1ccc2c(c1)CCN(S(=O)(=O)c1ccc3c(c1)OCCO3)C2C. The summed E-state index contributed by atoms with van der Waals surface area (Å²) in [7, 11) is -2.01. The van der Waals surface area contributed by atoms with Crippen molar-refractivity contribution in [2.24, 2.45) is 0 Å². The van der Waals surface area contributed by atoms with E-state index in [-0.39, 0.29) is 10.9 Å². The van der Waals surface area contributed by atoms with E-state index in [0.29, 0.717) is 37.7 Å². The Labute approximate surface area is 153 Å². The first-order valence-corrected chi connectivity index (χ1v) is 10.0. The third kappa shape index (κ3) is 2.81. The Morgan fingerprint density at radius 2 is 1.85 bits per heavy atom. The summed E-state index contributed by atoms with van der Waals surface area (Å²) in [6.45, 7) is 3.24. The number of sulfonamides is 1. The van der Waals surface area contributed by atoms with Gasteiger partial charge in [-0.15, -0.1) is 0 Å². The number of nitrogens with zero attached hydrogens (tertiary/aromatic N) is 1. The summed E-state index contributed by atoms with van der Waals surface area (Å²) in [4.78, 5) is 0.227. The van der Waals surface area contributed by atoms with Crippen LogP contribution in [-0.4, -0.2) is 39.6 Å². The van der Waals surface area contributed by atoms with Crippen molar-refractivity contribution in [1.29, 1.82) is 0 Å². The number of methoxy groups -OCH3 is 1. The van der Waals surface area contributed by atoms with Crippen LogP contribution in [0.15, 0.2) is 41.3 Å². The molecule has 1 atom stereocenters. The fourth-order valence-electron chi connectivity index (χ4n) is 3.56. The van der Waals surface area contributed by atoms with Crippen LogP contribution in [0, 0.1) is 0 Å². The van der Waals surface area contributed by atoms with Crippen molar-refractivity contribution in [3.8, 4) is 17.2 Å². The van der Waals surface area contributed by atoms with Crippen LogP contribution in [0.5, 0.6) is 17.2 Å². The minimum absolute atomic E-state index is 0.227. The lowest BCUT2D eigenvalue weighted by atomic mass is 9.95. The van der Waals surface area contributed by atoms with Gasteiger partial charge in [0.25, 0.3) is 0 Å². The van der Waals surface area contributed by atoms with Gasteiger partial charge in [-0.3, -0.25) is 0 Å². The van der Waals surface area contributed by atoms with Crippen molar-refractivity contribution in [3.63, 3.8) is 0 Å². The van der Waals surface area contributed by atoms with E-state index in [2.05, 4.69) is 0 Å². The van der Waals surface area contributed by atoms with E-state index in [1.54, 1.807) is 29.6 Å². The molecule has 26 heavy (non-hydrogen) atoms. The standard InChI is InChI=1S/C19H21NO5S/c1-13-17-5-3-15(23-2)11-14(17)7-8-20(13)26(21,22)16-4-6-18-19(12-16)25-10-9-24-18/h3-6,11-13H,7-10H2,1-2H3. The second kappa shape index (κ2) is 6.48. The summed E-state index contributed by atoms with van der Waals surface area (Å²) in [5.41, 5.74) is 2.14. The molecular weight excluding hydrogens is 354 g/mol. The number of fused-ring (bicyclic) bond motifs is 2. The number of ether oxygens (including phenoxy) is 3. The van der Waals surface area contributed by atoms with Crippen LogP contribution in [0.3, 0.4) is 0 Å². The van der Waals surface area contributed by atoms with Gasteiger partial charge in [0.1, 0.15) is 19.0 Å². The van der Waals surface area contributed by atoms with Crippen LogP contribution in [0.2, 0.25) is 0 Å². The van der Waals surface area contributed by atoms with Crippen molar-refractivity contribution in [2.75, 3.05) is 26.9 Å². The number of benzene rings is 2. The lowest BCUT2D eigenvalue weighted by molar-refractivity contribution is 0.171. The van der Waals surface area contributed by atoms with E-state index in [4.69, 9.17) is 14.2 Å². The average Bonchev–Trinajstić information content (AvgIpc) is 2.67. The lowest BCUT2D eigenvalue weighted by Crippen LogP contribution is -2.38. The quantitative estimate of drug-likeness (QED) is 0.825. The van der Waals surface area contributed by atoms with Gasteiger partial charge >= 0.3 is 0 Å². The molecule has 0 aromatic heterocycles. The van der Waals surface area contributed by atoms with E-state index in [0.717, 1.165) is 16.9 Å². The van der Waals surface area contributed by atoms with Crippen molar-refractivity contribution >= 4 is 10.0 Å². The molecule has 0 radical (unpaired) electrons. The molecule has 0 spiro atoms. The molecule has 2 heterocycles. The van der Waals surface area contributed by atoms with Gasteiger partial charge in [-0.2, -0.15) is 4.31 Å². The summed E-state index contributed by atoms with van der Waals surface area (Å²) in [6, 6.07) is 10.4. The predicted molar refractivity (Wildman–Crippen MR) is 96.4 cm³/mol. The first-order chi connectivity index (χ1) is 12.5. The van der Waals surface area contributed by atoms with Crippen molar-refractivity contribution < 1.29 is 22.6 Å². The molecule has 0 aliphatic carbocycles. The normalized spacial score (nSPS) is 19.7. The average molecular weight is 375 g/mol. The van der Waals surface area contributed by atoms with Crippen molar-refractivity contribution in [1.82, 2.24) is 4.31 Å². The largest absolute Gasteiger partial charge is 0.497 e. The van der Waals surface area contributed by atoms with E-state index in [9.17, 15) is 8.42 Å². The maximum Gasteiger partial charge on any atom is 0.243 e. The Kier molecular flexibility index (Phi) is 4.28. The highest BCUT2D eigenvalue weighted by Gasteiger charge is 2.34. The molecule has 0 bridgehead atoms. The van der Waals surface area contributed by atoms with Crippen LogP contribution >= 0.6 is 0 Å². The summed E-state index contributed by atoms with van der Waals surface area (Å²) >= 11 is 0. The van der Waals surface area contributed by atoms with E-state index >= 15 is 0 Å². The van der Waals surface area contributed by atoms with Gasteiger partial charge in [0.2, 0.25) is 10.0 Å². The molecule has 7 heteroatoms. The third-order valence-electron chi connectivity index (χ3n) is 4.95. The maximum atomic E-state index is 13.2. The van der Waals surface area contributed by atoms with Crippen LogP contribution in [-0.2, 0) is 16.4 Å². The molecular formula is C19H21NO5S. The molecule has 4 rings (SSSR count). The monoisotopic (exact) mass is 375 g/mol. The molecule has 0 saturated carbocycles. The summed E-state index contributed by atoms with van der Waals surface area (Å²) < 4.78 is 44.3. The van der Waals surface area contributed by atoms with Gasteiger partial charge in [0, 0.05) is 18.7 Å². The third-order valence-corrected chi connectivity index (χ3v) is 6.92. The van der Waals surface area contributed by atoms with Crippen molar-refractivity contribution in [3.05, 3.63) is 47.5 Å². The summed E-state index contributed by atoms with van der Waals surface area (Å²) in [5.74, 6) is 1.85. The highest BCUT2D eigenvalue weighted by molar-refractivity contribution is 7.89. The van der Waals surface area contributed by atoms with Gasteiger partial charge in [0.15, 0.2) is 11.5 Å². The van der Waals surface area contributed by atoms with Gasteiger partial charge < -0.3 is 14.2 Å². The van der Waals surface area contributed by atoms with Gasteiger partial charge in [-0.1, -0.05) is 6.07 Å².